The van der Waals surface area contributed by atoms with E-state index in [1.165, 1.54) is 4.88 Å². The highest BCUT2D eigenvalue weighted by molar-refractivity contribution is 7.10. The van der Waals surface area contributed by atoms with Crippen molar-refractivity contribution in [2.24, 2.45) is 0 Å². The van der Waals surface area contributed by atoms with E-state index in [2.05, 4.69) is 15.2 Å². The summed E-state index contributed by atoms with van der Waals surface area (Å²) in [6.07, 6.45) is 0. The van der Waals surface area contributed by atoms with Crippen LogP contribution < -0.4 is 11.1 Å². The minimum absolute atomic E-state index is 0.698. The molecule has 5 heteroatoms. The van der Waals surface area contributed by atoms with Crippen molar-refractivity contribution in [3.05, 3.63) is 10.4 Å². The highest BCUT2D eigenvalue weighted by Crippen LogP contribution is 2.17. The SMILES string of the molecule is Nc1ncsc1CN1CCNCC1. The second kappa shape index (κ2) is 4.04. The number of nitrogens with one attached hydrogen (secondary N) is 1. The van der Waals surface area contributed by atoms with Crippen LogP contribution in [0.1, 0.15) is 4.88 Å². The zero-order valence-electron chi connectivity index (χ0n) is 7.49. The van der Waals surface area contributed by atoms with Gasteiger partial charge in [-0.2, -0.15) is 0 Å². The summed E-state index contributed by atoms with van der Waals surface area (Å²) in [5.74, 6) is 0.698. The van der Waals surface area contributed by atoms with Crippen LogP contribution in [0.25, 0.3) is 0 Å². The number of aromatic nitrogens is 1. The van der Waals surface area contributed by atoms with Gasteiger partial charge in [-0.05, 0) is 0 Å². The lowest BCUT2D eigenvalue weighted by Gasteiger charge is -2.26. The molecule has 0 saturated carbocycles. The summed E-state index contributed by atoms with van der Waals surface area (Å²) in [6, 6.07) is 0. The molecular formula is C8H14N4S. The predicted octanol–water partition coefficient (Wildman–Crippen LogP) is 0.130. The lowest BCUT2D eigenvalue weighted by atomic mass is 10.3. The molecule has 13 heavy (non-hydrogen) atoms. The van der Waals surface area contributed by atoms with E-state index < -0.39 is 0 Å². The van der Waals surface area contributed by atoms with Crippen LogP contribution in [0.3, 0.4) is 0 Å². The Morgan fingerprint density at radius 3 is 2.92 bits per heavy atom. The van der Waals surface area contributed by atoms with E-state index in [0.29, 0.717) is 5.82 Å². The van der Waals surface area contributed by atoms with Gasteiger partial charge in [-0.15, -0.1) is 11.3 Å². The molecule has 72 valence electrons. The molecule has 1 saturated heterocycles. The van der Waals surface area contributed by atoms with Gasteiger partial charge in [-0.1, -0.05) is 0 Å². The van der Waals surface area contributed by atoms with Gasteiger partial charge in [0.2, 0.25) is 0 Å². The number of nitrogens with zero attached hydrogens (tertiary/aromatic N) is 2. The monoisotopic (exact) mass is 198 g/mol. The molecule has 0 atom stereocenters. The Bertz CT molecular complexity index is 267. The Balaban J connectivity index is 1.93. The molecule has 0 spiro atoms. The highest BCUT2D eigenvalue weighted by Gasteiger charge is 2.12. The van der Waals surface area contributed by atoms with Crippen LogP contribution in [0.4, 0.5) is 5.82 Å². The largest absolute Gasteiger partial charge is 0.383 e. The molecule has 4 nitrogen and oxygen atoms in total. The van der Waals surface area contributed by atoms with Gasteiger partial charge in [0.1, 0.15) is 5.82 Å². The van der Waals surface area contributed by atoms with E-state index in [1.807, 2.05) is 5.51 Å². The van der Waals surface area contributed by atoms with Gasteiger partial charge >= 0.3 is 0 Å². The Kier molecular flexibility index (Phi) is 2.77. The predicted molar refractivity (Wildman–Crippen MR) is 54.7 cm³/mol. The van der Waals surface area contributed by atoms with E-state index in [1.54, 1.807) is 11.3 Å². The van der Waals surface area contributed by atoms with Gasteiger partial charge in [0.25, 0.3) is 0 Å². The van der Waals surface area contributed by atoms with Crippen molar-refractivity contribution >= 4 is 17.2 Å². The number of nitrogens with two attached hydrogens (primary N) is 1. The Morgan fingerprint density at radius 2 is 2.31 bits per heavy atom. The molecule has 1 aromatic heterocycles. The van der Waals surface area contributed by atoms with Crippen LogP contribution in [0.15, 0.2) is 5.51 Å². The first-order chi connectivity index (χ1) is 6.36. The maximum Gasteiger partial charge on any atom is 0.138 e. The molecule has 2 heterocycles. The molecule has 1 aromatic rings. The number of piperazine rings is 1. The second-order valence-electron chi connectivity index (χ2n) is 3.19. The summed E-state index contributed by atoms with van der Waals surface area (Å²) in [4.78, 5) is 7.64. The van der Waals surface area contributed by atoms with Crippen molar-refractivity contribution in [3.63, 3.8) is 0 Å². The van der Waals surface area contributed by atoms with E-state index >= 15 is 0 Å². The van der Waals surface area contributed by atoms with Crippen molar-refractivity contribution < 1.29 is 0 Å². The number of nitrogen functional groups attached to an aromatic ring is 1. The van der Waals surface area contributed by atoms with Gasteiger partial charge in [0, 0.05) is 32.7 Å². The average molecular weight is 198 g/mol. The van der Waals surface area contributed by atoms with E-state index in [-0.39, 0.29) is 0 Å². The normalized spacial score (nSPS) is 19.1. The smallest absolute Gasteiger partial charge is 0.138 e. The maximum atomic E-state index is 5.71. The third-order valence-electron chi connectivity index (χ3n) is 2.25. The van der Waals surface area contributed by atoms with Gasteiger partial charge in [0.05, 0.1) is 10.4 Å². The molecule has 2 rings (SSSR count). The van der Waals surface area contributed by atoms with Crippen LogP contribution in [0.5, 0.6) is 0 Å². The van der Waals surface area contributed by atoms with Gasteiger partial charge in [0.15, 0.2) is 0 Å². The summed E-state index contributed by atoms with van der Waals surface area (Å²) >= 11 is 1.65. The Morgan fingerprint density at radius 1 is 1.54 bits per heavy atom. The fraction of sp³-hybridized carbons (Fsp3) is 0.625. The van der Waals surface area contributed by atoms with Crippen LogP contribution in [0.2, 0.25) is 0 Å². The molecule has 1 aliphatic rings. The molecular weight excluding hydrogens is 184 g/mol. The number of thiazole rings is 1. The summed E-state index contributed by atoms with van der Waals surface area (Å²) in [5.41, 5.74) is 7.53. The van der Waals surface area contributed by atoms with Crippen molar-refractivity contribution in [1.29, 1.82) is 0 Å². The van der Waals surface area contributed by atoms with Crippen molar-refractivity contribution in [2.45, 2.75) is 6.54 Å². The third kappa shape index (κ3) is 2.18. The summed E-state index contributed by atoms with van der Waals surface area (Å²) in [6.45, 7) is 5.34. The molecule has 0 amide bonds. The first kappa shape index (κ1) is 8.93. The number of anilines is 1. The third-order valence-corrected chi connectivity index (χ3v) is 3.08. The molecule has 1 fully saturated rings. The number of rotatable bonds is 2. The maximum absolute atomic E-state index is 5.71. The minimum atomic E-state index is 0.698. The van der Waals surface area contributed by atoms with E-state index in [9.17, 15) is 0 Å². The molecule has 0 aliphatic carbocycles. The van der Waals surface area contributed by atoms with E-state index in [0.717, 1.165) is 32.7 Å². The van der Waals surface area contributed by atoms with Gasteiger partial charge in [-0.25, -0.2) is 4.98 Å². The topological polar surface area (TPSA) is 54.2 Å². The van der Waals surface area contributed by atoms with Crippen LogP contribution in [0, 0.1) is 0 Å². The summed E-state index contributed by atoms with van der Waals surface area (Å²) < 4.78 is 0. The van der Waals surface area contributed by atoms with Crippen molar-refractivity contribution in [3.8, 4) is 0 Å². The Labute approximate surface area is 81.8 Å². The molecule has 1 aliphatic heterocycles. The zero-order valence-corrected chi connectivity index (χ0v) is 8.31. The van der Waals surface area contributed by atoms with Crippen LogP contribution >= 0.6 is 11.3 Å². The summed E-state index contributed by atoms with van der Waals surface area (Å²) in [5, 5.41) is 3.32. The Hall–Kier alpha value is -0.650. The minimum Gasteiger partial charge on any atom is -0.383 e. The lowest BCUT2D eigenvalue weighted by molar-refractivity contribution is 0.235. The average Bonchev–Trinajstić information content (AvgIpc) is 2.54. The van der Waals surface area contributed by atoms with Crippen molar-refractivity contribution in [2.75, 3.05) is 31.9 Å². The van der Waals surface area contributed by atoms with Gasteiger partial charge < -0.3 is 11.1 Å². The molecule has 0 unspecified atom stereocenters. The standard InChI is InChI=1S/C8H14N4S/c9-8-7(13-6-11-8)5-12-3-1-10-2-4-12/h6,10H,1-5,9H2. The number of hydrogen-bond acceptors (Lipinski definition) is 5. The lowest BCUT2D eigenvalue weighted by Crippen LogP contribution is -2.42. The van der Waals surface area contributed by atoms with E-state index in [4.69, 9.17) is 5.73 Å². The highest BCUT2D eigenvalue weighted by atomic mass is 32.1. The quantitative estimate of drug-likeness (QED) is 0.709. The van der Waals surface area contributed by atoms with Crippen LogP contribution in [-0.4, -0.2) is 36.1 Å². The second-order valence-corrected chi connectivity index (χ2v) is 4.13. The molecule has 0 aromatic carbocycles. The molecule has 0 radical (unpaired) electrons. The first-order valence-electron chi connectivity index (χ1n) is 4.47. The molecule has 3 N–H and O–H groups in total. The van der Waals surface area contributed by atoms with Gasteiger partial charge in [-0.3, -0.25) is 4.90 Å². The molecule has 0 bridgehead atoms. The summed E-state index contributed by atoms with van der Waals surface area (Å²) in [7, 11) is 0. The fourth-order valence-corrected chi connectivity index (χ4v) is 2.19. The van der Waals surface area contributed by atoms with Crippen molar-refractivity contribution in [1.82, 2.24) is 15.2 Å². The fourth-order valence-electron chi connectivity index (χ4n) is 1.47. The number of hydrogen-bond donors (Lipinski definition) is 2. The first-order valence-corrected chi connectivity index (χ1v) is 5.35. The zero-order chi connectivity index (χ0) is 9.10. The van der Waals surface area contributed by atoms with Crippen LogP contribution in [-0.2, 0) is 6.54 Å².